The number of carbonyl (C=O) groups is 2. The van der Waals surface area contributed by atoms with Crippen molar-refractivity contribution in [2.75, 3.05) is 26.8 Å². The number of methoxy groups -OCH3 is 1. The van der Waals surface area contributed by atoms with Crippen molar-refractivity contribution in [1.82, 2.24) is 34.4 Å². The van der Waals surface area contributed by atoms with Gasteiger partial charge in [0.25, 0.3) is 5.95 Å². The predicted molar refractivity (Wildman–Crippen MR) is 125 cm³/mol. The van der Waals surface area contributed by atoms with Gasteiger partial charge in [0.15, 0.2) is 0 Å². The van der Waals surface area contributed by atoms with Crippen molar-refractivity contribution in [2.45, 2.75) is 52.7 Å². The molecule has 0 N–H and O–H groups in total. The zero-order valence-electron chi connectivity index (χ0n) is 20.7. The number of carbonyl (C=O) groups excluding carboxylic acids is 2. The van der Waals surface area contributed by atoms with Crippen LogP contribution in [0.1, 0.15) is 50.9 Å². The van der Waals surface area contributed by atoms with Gasteiger partial charge in [-0.15, -0.1) is 0 Å². The molecular formula is C23H31N7O5. The Morgan fingerprint density at radius 2 is 1.86 bits per heavy atom. The topological polar surface area (TPSA) is 126 Å². The molecule has 0 atom stereocenters. The maximum atomic E-state index is 12.3. The number of ether oxygens (including phenoxy) is 3. The van der Waals surface area contributed by atoms with Gasteiger partial charge in [0.05, 0.1) is 31.7 Å². The highest BCUT2D eigenvalue weighted by atomic mass is 16.6. The highest BCUT2D eigenvalue weighted by Gasteiger charge is 2.28. The van der Waals surface area contributed by atoms with Gasteiger partial charge >= 0.3 is 12.1 Å². The highest BCUT2D eigenvalue weighted by Crippen LogP contribution is 2.27. The molecule has 1 saturated heterocycles. The van der Waals surface area contributed by atoms with Crippen molar-refractivity contribution in [3.8, 4) is 11.8 Å². The SMILES string of the molecule is CCOC(=O)c1cnn(-c2nc(OC)c3c(cnn3CC3CCN(C(=O)OC(C)(C)C)CC3)n2)c1. The zero-order valence-corrected chi connectivity index (χ0v) is 20.7. The molecule has 188 valence electrons. The number of aromatic nitrogens is 6. The summed E-state index contributed by atoms with van der Waals surface area (Å²) in [4.78, 5) is 35.1. The van der Waals surface area contributed by atoms with Crippen LogP contribution in [0.2, 0.25) is 0 Å². The van der Waals surface area contributed by atoms with E-state index in [9.17, 15) is 9.59 Å². The summed E-state index contributed by atoms with van der Waals surface area (Å²) in [6.45, 7) is 9.55. The lowest BCUT2D eigenvalue weighted by atomic mass is 9.97. The zero-order chi connectivity index (χ0) is 25.2. The van der Waals surface area contributed by atoms with Gasteiger partial charge in [-0.25, -0.2) is 19.3 Å². The van der Waals surface area contributed by atoms with E-state index in [1.165, 1.54) is 24.2 Å². The van der Waals surface area contributed by atoms with Crippen LogP contribution >= 0.6 is 0 Å². The van der Waals surface area contributed by atoms with Crippen LogP contribution in [-0.2, 0) is 16.0 Å². The normalized spacial score (nSPS) is 14.8. The molecule has 1 aliphatic rings. The van der Waals surface area contributed by atoms with Gasteiger partial charge < -0.3 is 19.1 Å². The maximum absolute atomic E-state index is 12.3. The number of esters is 1. The summed E-state index contributed by atoms with van der Waals surface area (Å²) in [5.74, 6) is 0.494. The molecule has 3 aromatic heterocycles. The third kappa shape index (κ3) is 5.52. The molecule has 1 aliphatic heterocycles. The molecule has 0 saturated carbocycles. The molecule has 0 radical (unpaired) electrons. The minimum Gasteiger partial charge on any atom is -0.479 e. The second-order valence-electron chi connectivity index (χ2n) is 9.40. The Kier molecular flexibility index (Phi) is 6.90. The lowest BCUT2D eigenvalue weighted by Gasteiger charge is -2.33. The molecule has 1 fully saturated rings. The predicted octanol–water partition coefficient (Wildman–Crippen LogP) is 2.84. The molecule has 0 aliphatic carbocycles. The molecular weight excluding hydrogens is 454 g/mol. The number of rotatable bonds is 6. The molecule has 35 heavy (non-hydrogen) atoms. The monoisotopic (exact) mass is 485 g/mol. The number of amides is 1. The van der Waals surface area contributed by atoms with E-state index in [0.717, 1.165) is 12.8 Å². The van der Waals surface area contributed by atoms with E-state index in [1.54, 1.807) is 18.0 Å². The van der Waals surface area contributed by atoms with E-state index in [4.69, 9.17) is 14.2 Å². The van der Waals surface area contributed by atoms with Crippen molar-refractivity contribution in [2.24, 2.45) is 5.92 Å². The van der Waals surface area contributed by atoms with Crippen LogP contribution in [0.15, 0.2) is 18.6 Å². The van der Waals surface area contributed by atoms with Crippen molar-refractivity contribution < 1.29 is 23.8 Å². The van der Waals surface area contributed by atoms with Crippen molar-refractivity contribution in [3.63, 3.8) is 0 Å². The van der Waals surface area contributed by atoms with Crippen LogP contribution in [0.5, 0.6) is 5.88 Å². The second kappa shape index (κ2) is 9.88. The first kappa shape index (κ1) is 24.4. The van der Waals surface area contributed by atoms with Crippen molar-refractivity contribution in [1.29, 1.82) is 0 Å². The first-order valence-electron chi connectivity index (χ1n) is 11.7. The summed E-state index contributed by atoms with van der Waals surface area (Å²) in [6, 6.07) is 0. The molecule has 4 heterocycles. The summed E-state index contributed by atoms with van der Waals surface area (Å²) in [6.07, 6.45) is 5.99. The number of hydrogen-bond donors (Lipinski definition) is 0. The Hall–Kier alpha value is -3.70. The van der Waals surface area contributed by atoms with Gasteiger partial charge in [0.2, 0.25) is 5.88 Å². The molecule has 0 aromatic carbocycles. The Balaban J connectivity index is 1.48. The molecule has 4 rings (SSSR count). The van der Waals surface area contributed by atoms with E-state index < -0.39 is 11.6 Å². The first-order valence-corrected chi connectivity index (χ1v) is 11.7. The number of likely N-dealkylation sites (tertiary alicyclic amines) is 1. The van der Waals surface area contributed by atoms with Gasteiger partial charge in [-0.05, 0) is 46.5 Å². The molecule has 12 nitrogen and oxygen atoms in total. The van der Waals surface area contributed by atoms with E-state index in [0.29, 0.717) is 48.0 Å². The standard InChI is InChI=1S/C23H31N7O5/c1-6-34-20(31)16-11-24-30(14-16)21-26-17-12-25-29(18(17)19(27-21)33-5)13-15-7-9-28(10-8-15)22(32)35-23(2,3)4/h11-12,14-15H,6-10,13H2,1-5H3. The molecule has 1 amide bonds. The fraction of sp³-hybridized carbons (Fsp3) is 0.565. The maximum Gasteiger partial charge on any atom is 0.410 e. The summed E-state index contributed by atoms with van der Waals surface area (Å²) in [5.41, 5.74) is 1.09. The molecule has 3 aromatic rings. The summed E-state index contributed by atoms with van der Waals surface area (Å²) in [7, 11) is 1.54. The third-order valence-corrected chi connectivity index (χ3v) is 5.63. The first-order chi connectivity index (χ1) is 16.7. The van der Waals surface area contributed by atoms with Gasteiger partial charge in [-0.2, -0.15) is 15.2 Å². The van der Waals surface area contributed by atoms with Gasteiger partial charge in [-0.3, -0.25) is 4.68 Å². The third-order valence-electron chi connectivity index (χ3n) is 5.63. The Morgan fingerprint density at radius 3 is 2.51 bits per heavy atom. The lowest BCUT2D eigenvalue weighted by Crippen LogP contribution is -2.42. The van der Waals surface area contributed by atoms with E-state index in [2.05, 4.69) is 20.2 Å². The molecule has 12 heteroatoms. The fourth-order valence-corrected chi connectivity index (χ4v) is 3.96. The number of nitrogens with zero attached hydrogens (tertiary/aromatic N) is 7. The van der Waals surface area contributed by atoms with Crippen LogP contribution in [0, 0.1) is 5.92 Å². The number of fused-ring (bicyclic) bond motifs is 1. The lowest BCUT2D eigenvalue weighted by molar-refractivity contribution is 0.0177. The summed E-state index contributed by atoms with van der Waals surface area (Å²) >= 11 is 0. The second-order valence-corrected chi connectivity index (χ2v) is 9.40. The molecule has 0 unspecified atom stereocenters. The average Bonchev–Trinajstić information content (AvgIpc) is 3.46. The molecule has 0 bridgehead atoms. The minimum atomic E-state index is -0.506. The van der Waals surface area contributed by atoms with Gasteiger partial charge in [0.1, 0.15) is 16.6 Å². The van der Waals surface area contributed by atoms with Crippen molar-refractivity contribution >= 4 is 23.1 Å². The quantitative estimate of drug-likeness (QED) is 0.484. The van der Waals surface area contributed by atoms with E-state index in [1.807, 2.05) is 25.5 Å². The van der Waals surface area contributed by atoms with Crippen LogP contribution in [0.4, 0.5) is 4.79 Å². The summed E-state index contributed by atoms with van der Waals surface area (Å²) < 4.78 is 19.3. The smallest absolute Gasteiger partial charge is 0.410 e. The highest BCUT2D eigenvalue weighted by molar-refractivity contribution is 5.88. The number of piperidine rings is 1. The largest absolute Gasteiger partial charge is 0.479 e. The van der Waals surface area contributed by atoms with Crippen LogP contribution < -0.4 is 4.74 Å². The van der Waals surface area contributed by atoms with Gasteiger partial charge in [0, 0.05) is 25.8 Å². The minimum absolute atomic E-state index is 0.259. The average molecular weight is 486 g/mol. The Bertz CT molecular complexity index is 1200. The van der Waals surface area contributed by atoms with Crippen molar-refractivity contribution in [3.05, 3.63) is 24.2 Å². The van der Waals surface area contributed by atoms with Crippen LogP contribution in [0.3, 0.4) is 0 Å². The van der Waals surface area contributed by atoms with E-state index >= 15 is 0 Å². The van der Waals surface area contributed by atoms with Gasteiger partial charge in [-0.1, -0.05) is 0 Å². The van der Waals surface area contributed by atoms with E-state index in [-0.39, 0.29) is 18.6 Å². The number of hydrogen-bond acceptors (Lipinski definition) is 9. The van der Waals surface area contributed by atoms with Crippen LogP contribution in [0.25, 0.3) is 17.0 Å². The van der Waals surface area contributed by atoms with Crippen LogP contribution in [-0.4, -0.2) is 78.9 Å². The Morgan fingerprint density at radius 1 is 1.11 bits per heavy atom. The fourth-order valence-electron chi connectivity index (χ4n) is 3.96. The Labute approximate surface area is 203 Å². The molecule has 0 spiro atoms. The summed E-state index contributed by atoms with van der Waals surface area (Å²) in [5, 5.41) is 8.70.